The molecule has 17 heavy (non-hydrogen) atoms. The third-order valence-electron chi connectivity index (χ3n) is 2.15. The highest BCUT2D eigenvalue weighted by molar-refractivity contribution is 5.90. The molecule has 0 aliphatic carbocycles. The van der Waals surface area contributed by atoms with Gasteiger partial charge < -0.3 is 4.42 Å². The van der Waals surface area contributed by atoms with Crippen molar-refractivity contribution in [1.29, 1.82) is 0 Å². The predicted molar refractivity (Wildman–Crippen MR) is 59.7 cm³/mol. The average Bonchev–Trinajstić information content (AvgIpc) is 2.38. The van der Waals surface area contributed by atoms with Gasteiger partial charge in [-0.15, -0.1) is 0 Å². The first-order valence-electron chi connectivity index (χ1n) is 4.86. The van der Waals surface area contributed by atoms with E-state index >= 15 is 0 Å². The van der Waals surface area contributed by atoms with Crippen molar-refractivity contribution in [2.45, 2.75) is 0 Å². The summed E-state index contributed by atoms with van der Waals surface area (Å²) in [5.41, 5.74) is 1.73. The SMILES string of the molecule is O=C(NO)c1cc(=O)cc(-c2ccccc2)o1. The molecule has 0 aliphatic heterocycles. The molecule has 1 heterocycles. The Morgan fingerprint density at radius 3 is 2.53 bits per heavy atom. The lowest BCUT2D eigenvalue weighted by molar-refractivity contribution is 0.0674. The quantitative estimate of drug-likeness (QED) is 0.605. The molecule has 0 bridgehead atoms. The fourth-order valence-electron chi connectivity index (χ4n) is 1.39. The van der Waals surface area contributed by atoms with Crippen molar-refractivity contribution in [2.24, 2.45) is 0 Å². The second kappa shape index (κ2) is 4.63. The normalized spacial score (nSPS) is 9.94. The van der Waals surface area contributed by atoms with Crippen LogP contribution in [0.25, 0.3) is 11.3 Å². The van der Waals surface area contributed by atoms with Gasteiger partial charge in [0.25, 0.3) is 0 Å². The Balaban J connectivity index is 2.53. The summed E-state index contributed by atoms with van der Waals surface area (Å²) < 4.78 is 5.22. The molecule has 0 spiro atoms. The molecule has 0 unspecified atom stereocenters. The van der Waals surface area contributed by atoms with E-state index in [2.05, 4.69) is 0 Å². The van der Waals surface area contributed by atoms with E-state index in [1.165, 1.54) is 11.5 Å². The first-order valence-corrected chi connectivity index (χ1v) is 4.86. The van der Waals surface area contributed by atoms with Crippen LogP contribution in [-0.4, -0.2) is 11.1 Å². The van der Waals surface area contributed by atoms with Crippen LogP contribution in [-0.2, 0) is 0 Å². The highest BCUT2D eigenvalue weighted by atomic mass is 16.5. The Hall–Kier alpha value is -2.40. The third-order valence-corrected chi connectivity index (χ3v) is 2.15. The second-order valence-corrected chi connectivity index (χ2v) is 3.33. The van der Waals surface area contributed by atoms with Crippen molar-refractivity contribution < 1.29 is 14.4 Å². The molecule has 0 saturated heterocycles. The molecule has 5 heteroatoms. The minimum atomic E-state index is -0.861. The lowest BCUT2D eigenvalue weighted by Crippen LogP contribution is -2.20. The van der Waals surface area contributed by atoms with Crippen LogP contribution in [0.1, 0.15) is 10.6 Å². The Labute approximate surface area is 96.3 Å². The van der Waals surface area contributed by atoms with Gasteiger partial charge in [-0.05, 0) is 0 Å². The van der Waals surface area contributed by atoms with Gasteiger partial charge >= 0.3 is 5.91 Å². The predicted octanol–water partition coefficient (Wildman–Crippen LogP) is 1.43. The van der Waals surface area contributed by atoms with Crippen LogP contribution in [0.15, 0.2) is 51.7 Å². The maximum absolute atomic E-state index is 11.4. The summed E-state index contributed by atoms with van der Waals surface area (Å²) in [7, 11) is 0. The van der Waals surface area contributed by atoms with E-state index in [-0.39, 0.29) is 16.9 Å². The van der Waals surface area contributed by atoms with Crippen molar-refractivity contribution in [2.75, 3.05) is 0 Å². The molecular formula is C12H9NO4. The van der Waals surface area contributed by atoms with E-state index in [0.29, 0.717) is 5.56 Å². The first kappa shape index (κ1) is 11.1. The van der Waals surface area contributed by atoms with Crippen LogP contribution in [0, 0.1) is 0 Å². The molecule has 0 fully saturated rings. The van der Waals surface area contributed by atoms with Crippen molar-refractivity contribution in [3.05, 3.63) is 58.4 Å². The van der Waals surface area contributed by atoms with Gasteiger partial charge in [0, 0.05) is 17.7 Å². The van der Waals surface area contributed by atoms with E-state index in [4.69, 9.17) is 9.62 Å². The summed E-state index contributed by atoms with van der Waals surface area (Å²) in [6, 6.07) is 11.2. The summed E-state index contributed by atoms with van der Waals surface area (Å²) in [5, 5.41) is 8.48. The molecule has 0 aliphatic rings. The molecule has 86 valence electrons. The van der Waals surface area contributed by atoms with Crippen LogP contribution in [0.4, 0.5) is 0 Å². The van der Waals surface area contributed by atoms with Gasteiger partial charge in [0.15, 0.2) is 11.2 Å². The van der Waals surface area contributed by atoms with Gasteiger partial charge in [0.1, 0.15) is 5.76 Å². The summed E-state index contributed by atoms with van der Waals surface area (Å²) in [6.45, 7) is 0. The number of carbonyl (C=O) groups is 1. The van der Waals surface area contributed by atoms with E-state index in [9.17, 15) is 9.59 Å². The molecule has 0 radical (unpaired) electrons. The molecule has 0 atom stereocenters. The zero-order valence-electron chi connectivity index (χ0n) is 8.71. The number of nitrogens with one attached hydrogen (secondary N) is 1. The molecule has 0 saturated carbocycles. The zero-order valence-corrected chi connectivity index (χ0v) is 8.71. The Morgan fingerprint density at radius 1 is 1.18 bits per heavy atom. The zero-order chi connectivity index (χ0) is 12.3. The summed E-state index contributed by atoms with van der Waals surface area (Å²) in [5.74, 6) is -0.824. The number of benzene rings is 1. The number of hydrogen-bond acceptors (Lipinski definition) is 4. The first-order chi connectivity index (χ1) is 8.20. The molecule has 2 N–H and O–H groups in total. The van der Waals surface area contributed by atoms with Crippen molar-refractivity contribution in [3.8, 4) is 11.3 Å². The smallest absolute Gasteiger partial charge is 0.310 e. The van der Waals surface area contributed by atoms with E-state index in [1.807, 2.05) is 6.07 Å². The Kier molecular flexibility index (Phi) is 3.02. The maximum atomic E-state index is 11.4. The Bertz CT molecular complexity index is 589. The fourth-order valence-corrected chi connectivity index (χ4v) is 1.39. The van der Waals surface area contributed by atoms with Crippen molar-refractivity contribution in [1.82, 2.24) is 5.48 Å². The standard InChI is InChI=1S/C12H9NO4/c14-9-6-10(8-4-2-1-3-5-8)17-11(7-9)12(15)13-16/h1-7,16H,(H,13,15). The lowest BCUT2D eigenvalue weighted by atomic mass is 10.1. The fraction of sp³-hybridized carbons (Fsp3) is 0. The van der Waals surface area contributed by atoms with Crippen molar-refractivity contribution >= 4 is 5.91 Å². The summed E-state index contributed by atoms with van der Waals surface area (Å²) >= 11 is 0. The van der Waals surface area contributed by atoms with Gasteiger partial charge in [-0.3, -0.25) is 14.8 Å². The second-order valence-electron chi connectivity index (χ2n) is 3.33. The lowest BCUT2D eigenvalue weighted by Gasteiger charge is -2.02. The Morgan fingerprint density at radius 2 is 1.88 bits per heavy atom. The molecule has 1 aromatic heterocycles. The maximum Gasteiger partial charge on any atom is 0.310 e. The molecule has 2 rings (SSSR count). The molecule has 1 amide bonds. The monoisotopic (exact) mass is 231 g/mol. The van der Waals surface area contributed by atoms with Gasteiger partial charge in [-0.2, -0.15) is 0 Å². The number of rotatable bonds is 2. The molecular weight excluding hydrogens is 222 g/mol. The molecule has 2 aromatic rings. The van der Waals surface area contributed by atoms with Gasteiger partial charge in [-0.1, -0.05) is 30.3 Å². The number of hydrogen-bond donors (Lipinski definition) is 2. The average molecular weight is 231 g/mol. The number of carbonyl (C=O) groups excluding carboxylic acids is 1. The molecule has 1 aromatic carbocycles. The minimum Gasteiger partial charge on any atom is -0.451 e. The van der Waals surface area contributed by atoms with Crippen LogP contribution in [0.2, 0.25) is 0 Å². The van der Waals surface area contributed by atoms with Crippen LogP contribution in [0.5, 0.6) is 0 Å². The van der Waals surface area contributed by atoms with Gasteiger partial charge in [0.2, 0.25) is 0 Å². The van der Waals surface area contributed by atoms with E-state index < -0.39 is 5.91 Å². The van der Waals surface area contributed by atoms with Gasteiger partial charge in [-0.25, -0.2) is 5.48 Å². The van der Waals surface area contributed by atoms with Crippen LogP contribution >= 0.6 is 0 Å². The summed E-state index contributed by atoms with van der Waals surface area (Å²) in [6.07, 6.45) is 0. The largest absolute Gasteiger partial charge is 0.451 e. The van der Waals surface area contributed by atoms with E-state index in [1.54, 1.807) is 24.3 Å². The summed E-state index contributed by atoms with van der Waals surface area (Å²) in [4.78, 5) is 22.5. The topological polar surface area (TPSA) is 79.5 Å². The number of amides is 1. The molecule has 5 nitrogen and oxygen atoms in total. The van der Waals surface area contributed by atoms with Crippen LogP contribution in [0.3, 0.4) is 0 Å². The highest BCUT2D eigenvalue weighted by Crippen LogP contribution is 2.18. The minimum absolute atomic E-state index is 0.237. The third kappa shape index (κ3) is 2.40. The van der Waals surface area contributed by atoms with Gasteiger partial charge in [0.05, 0.1) is 0 Å². The van der Waals surface area contributed by atoms with Crippen LogP contribution < -0.4 is 10.9 Å². The number of hydroxylamine groups is 1. The van der Waals surface area contributed by atoms with Crippen molar-refractivity contribution in [3.63, 3.8) is 0 Å². The highest BCUT2D eigenvalue weighted by Gasteiger charge is 2.10. The van der Waals surface area contributed by atoms with E-state index in [0.717, 1.165) is 6.07 Å².